The van der Waals surface area contributed by atoms with Crippen LogP contribution in [-0.4, -0.2) is 42.0 Å². The summed E-state index contributed by atoms with van der Waals surface area (Å²) in [6, 6.07) is 12.4. The van der Waals surface area contributed by atoms with Crippen LogP contribution >= 0.6 is 11.6 Å². The number of carbonyl (C=O) groups excluding carboxylic acids is 2. The molecule has 0 unspecified atom stereocenters. The molecule has 192 valence electrons. The number of allylic oxidation sites excluding steroid dienone is 1. The zero-order chi connectivity index (χ0) is 26.5. The smallest absolute Gasteiger partial charge is 0.244 e. The molecule has 1 atom stereocenters. The highest BCUT2D eigenvalue weighted by Gasteiger charge is 2.19. The van der Waals surface area contributed by atoms with E-state index < -0.39 is 6.04 Å². The van der Waals surface area contributed by atoms with E-state index in [-0.39, 0.29) is 11.8 Å². The predicted octanol–water partition coefficient (Wildman–Crippen LogP) is 4.65. The molecular formula is C27H25ClN8O2. The van der Waals surface area contributed by atoms with E-state index in [4.69, 9.17) is 11.6 Å². The Balaban J connectivity index is 1.42. The number of fused-ring (bicyclic) bond motifs is 4. The molecule has 0 saturated heterocycles. The molecule has 38 heavy (non-hydrogen) atoms. The molecule has 5 rings (SSSR count). The van der Waals surface area contributed by atoms with Crippen LogP contribution in [0.25, 0.3) is 23.0 Å². The first-order valence-electron chi connectivity index (χ1n) is 12.1. The predicted molar refractivity (Wildman–Crippen MR) is 144 cm³/mol. The highest BCUT2D eigenvalue weighted by molar-refractivity contribution is 6.30. The molecule has 3 heterocycles. The second-order valence-corrected chi connectivity index (χ2v) is 9.35. The number of imidazole rings is 1. The van der Waals surface area contributed by atoms with Crippen LogP contribution in [-0.2, 0) is 9.59 Å². The van der Waals surface area contributed by atoms with Crippen molar-refractivity contribution in [2.75, 3.05) is 5.32 Å². The lowest BCUT2D eigenvalue weighted by Crippen LogP contribution is -2.27. The fourth-order valence-electron chi connectivity index (χ4n) is 4.19. The summed E-state index contributed by atoms with van der Waals surface area (Å²) in [6.07, 6.45) is 9.81. The van der Waals surface area contributed by atoms with Crippen molar-refractivity contribution in [3.63, 3.8) is 0 Å². The molecule has 2 amide bonds. The van der Waals surface area contributed by atoms with Gasteiger partial charge in [-0.1, -0.05) is 41.4 Å². The third-order valence-electron chi connectivity index (χ3n) is 6.18. The highest BCUT2D eigenvalue weighted by Crippen LogP contribution is 2.29. The van der Waals surface area contributed by atoms with Gasteiger partial charge in [0.05, 0.1) is 29.3 Å². The number of nitrogens with zero attached hydrogens (tertiary/aromatic N) is 5. The van der Waals surface area contributed by atoms with Crippen LogP contribution in [0.1, 0.15) is 43.6 Å². The second-order valence-electron chi connectivity index (χ2n) is 8.91. The summed E-state index contributed by atoms with van der Waals surface area (Å²) in [7, 11) is 0. The minimum atomic E-state index is -0.411. The minimum absolute atomic E-state index is 0.0544. The molecule has 2 bridgehead atoms. The number of nitrogens with one attached hydrogen (secondary N) is 3. The zero-order valence-electron chi connectivity index (χ0n) is 20.6. The van der Waals surface area contributed by atoms with Gasteiger partial charge in [0, 0.05) is 28.6 Å². The molecule has 4 aromatic rings. The molecule has 0 fully saturated rings. The van der Waals surface area contributed by atoms with Gasteiger partial charge in [-0.25, -0.2) is 4.98 Å². The van der Waals surface area contributed by atoms with Crippen LogP contribution in [0.5, 0.6) is 0 Å². The van der Waals surface area contributed by atoms with Crippen molar-refractivity contribution in [3.8, 4) is 16.9 Å². The number of aromatic amines is 1. The third-order valence-corrected chi connectivity index (χ3v) is 6.42. The average molecular weight is 529 g/mol. The van der Waals surface area contributed by atoms with Crippen LogP contribution in [0.2, 0.25) is 5.02 Å². The van der Waals surface area contributed by atoms with E-state index in [1.165, 1.54) is 17.1 Å². The number of amides is 2. The van der Waals surface area contributed by atoms with Gasteiger partial charge >= 0.3 is 0 Å². The maximum Gasteiger partial charge on any atom is 0.244 e. The Hall–Kier alpha value is -4.57. The van der Waals surface area contributed by atoms with Crippen molar-refractivity contribution in [1.29, 1.82) is 0 Å². The van der Waals surface area contributed by atoms with Crippen molar-refractivity contribution in [2.24, 2.45) is 0 Å². The molecule has 2 aromatic heterocycles. The molecule has 11 heteroatoms. The molecule has 2 aromatic carbocycles. The van der Waals surface area contributed by atoms with E-state index in [2.05, 4.69) is 36.1 Å². The van der Waals surface area contributed by atoms with E-state index in [1.807, 2.05) is 37.3 Å². The van der Waals surface area contributed by atoms with E-state index in [9.17, 15) is 9.59 Å². The Labute approximate surface area is 223 Å². The molecule has 0 aliphatic carbocycles. The number of carbonyl (C=O) groups is 2. The summed E-state index contributed by atoms with van der Waals surface area (Å²) in [5.74, 6) is 0.257. The van der Waals surface area contributed by atoms with Crippen LogP contribution in [0.3, 0.4) is 0 Å². The van der Waals surface area contributed by atoms with E-state index in [0.29, 0.717) is 47.0 Å². The van der Waals surface area contributed by atoms with Crippen molar-refractivity contribution >= 4 is 35.2 Å². The van der Waals surface area contributed by atoms with Crippen LogP contribution in [0.15, 0.2) is 72.7 Å². The highest BCUT2D eigenvalue weighted by atomic mass is 35.5. The van der Waals surface area contributed by atoms with Crippen molar-refractivity contribution in [3.05, 3.63) is 89.1 Å². The zero-order valence-corrected chi connectivity index (χ0v) is 21.3. The monoisotopic (exact) mass is 528 g/mol. The summed E-state index contributed by atoms with van der Waals surface area (Å²) < 4.78 is 1.50. The standard InChI is InChI=1S/C27H25ClN8O2/c1-17-6-10-22(27-29-15-23(33-27)20-4-2-3-5-21(20)31-25(37)12-7-17)32-26(38)13-8-18-14-19(28)9-11-24(18)36-16-30-34-35-36/h2-6,8-9,11,13-16,22H,7,10,12H2,1H3,(H,29,33)(H,31,37)(H,32,38)/b13-8+,17-6?/t22-/m0/s1. The Morgan fingerprint density at radius 3 is 2.92 bits per heavy atom. The molecule has 1 aliphatic rings. The van der Waals surface area contributed by atoms with Gasteiger partial charge in [-0.05, 0) is 60.5 Å². The largest absolute Gasteiger partial charge is 0.342 e. The molecule has 10 nitrogen and oxygen atoms in total. The molecule has 3 N–H and O–H groups in total. The maximum absolute atomic E-state index is 13.0. The lowest BCUT2D eigenvalue weighted by Gasteiger charge is -2.15. The van der Waals surface area contributed by atoms with Gasteiger partial charge in [0.25, 0.3) is 0 Å². The minimum Gasteiger partial charge on any atom is -0.342 e. The molecule has 0 saturated carbocycles. The Bertz CT molecular complexity index is 1520. The first kappa shape index (κ1) is 25.1. The van der Waals surface area contributed by atoms with E-state index in [1.54, 1.807) is 30.5 Å². The van der Waals surface area contributed by atoms with Gasteiger partial charge in [-0.15, -0.1) is 5.10 Å². The summed E-state index contributed by atoms with van der Waals surface area (Å²) in [5.41, 5.74) is 4.69. The number of aromatic nitrogens is 6. The Morgan fingerprint density at radius 1 is 1.21 bits per heavy atom. The van der Waals surface area contributed by atoms with E-state index >= 15 is 0 Å². The van der Waals surface area contributed by atoms with Gasteiger partial charge < -0.3 is 15.6 Å². The first-order valence-corrected chi connectivity index (χ1v) is 12.5. The fourth-order valence-corrected chi connectivity index (χ4v) is 4.37. The fraction of sp³-hybridized carbons (Fsp3) is 0.185. The number of hydrogen-bond donors (Lipinski definition) is 3. The number of benzene rings is 2. The normalized spacial score (nSPS) is 16.0. The summed E-state index contributed by atoms with van der Waals surface area (Å²) >= 11 is 6.19. The Morgan fingerprint density at radius 2 is 2.08 bits per heavy atom. The van der Waals surface area contributed by atoms with Gasteiger partial charge in [-0.3, -0.25) is 9.59 Å². The second kappa shape index (κ2) is 11.2. The molecule has 0 radical (unpaired) electrons. The number of H-pyrrole nitrogens is 1. The lowest BCUT2D eigenvalue weighted by molar-refractivity contribution is -0.117. The van der Waals surface area contributed by atoms with Gasteiger partial charge in [0.15, 0.2) is 0 Å². The third kappa shape index (κ3) is 5.87. The number of hydrogen-bond acceptors (Lipinski definition) is 6. The average Bonchev–Trinajstić information content (AvgIpc) is 3.62. The number of anilines is 1. The van der Waals surface area contributed by atoms with Crippen molar-refractivity contribution in [1.82, 2.24) is 35.5 Å². The molecular weight excluding hydrogens is 504 g/mol. The quantitative estimate of drug-likeness (QED) is 0.261. The lowest BCUT2D eigenvalue weighted by atomic mass is 10.1. The van der Waals surface area contributed by atoms with Crippen LogP contribution in [0, 0.1) is 0 Å². The van der Waals surface area contributed by atoms with Crippen molar-refractivity contribution < 1.29 is 9.59 Å². The van der Waals surface area contributed by atoms with E-state index in [0.717, 1.165) is 16.8 Å². The SMILES string of the molecule is CC1=CC[C@H](NC(=O)/C=C/c2cc(Cl)ccc2-n2cnnn2)c2ncc([nH]2)-c2ccccc2NC(=O)CC1. The number of tetrazole rings is 1. The van der Waals surface area contributed by atoms with Crippen LogP contribution < -0.4 is 10.6 Å². The maximum atomic E-state index is 13.0. The van der Waals surface area contributed by atoms with Crippen LogP contribution in [0.4, 0.5) is 5.69 Å². The number of halogens is 1. The summed E-state index contributed by atoms with van der Waals surface area (Å²) in [5, 5.41) is 17.8. The molecule has 1 aliphatic heterocycles. The Kier molecular flexibility index (Phi) is 7.41. The number of para-hydroxylation sites is 1. The summed E-state index contributed by atoms with van der Waals surface area (Å²) in [4.78, 5) is 33.5. The summed E-state index contributed by atoms with van der Waals surface area (Å²) in [6.45, 7) is 1.98. The topological polar surface area (TPSA) is 130 Å². The first-order chi connectivity index (χ1) is 18.5. The van der Waals surface area contributed by atoms with Gasteiger partial charge in [0.1, 0.15) is 12.2 Å². The van der Waals surface area contributed by atoms with Gasteiger partial charge in [-0.2, -0.15) is 4.68 Å². The van der Waals surface area contributed by atoms with Crippen molar-refractivity contribution in [2.45, 2.75) is 32.2 Å². The van der Waals surface area contributed by atoms with Gasteiger partial charge in [0.2, 0.25) is 11.8 Å². The molecule has 0 spiro atoms. The number of rotatable bonds is 4.